The Kier molecular flexibility index (Phi) is 2.90. The number of benzene rings is 2. The molecule has 4 heteroatoms. The third-order valence-corrected chi connectivity index (χ3v) is 4.42. The van der Waals surface area contributed by atoms with Crippen molar-refractivity contribution in [3.05, 3.63) is 52.0 Å². The summed E-state index contributed by atoms with van der Waals surface area (Å²) in [6.45, 7) is 0. The fraction of sp³-hybridized carbons (Fsp3) is 0. The Labute approximate surface area is 116 Å². The number of fused-ring (bicyclic) bond motifs is 1. The maximum absolute atomic E-state index is 5.94. The SMILES string of the molecule is Clc1ccc(-c2nc3ccccc3s2)c(Br)c1. The Bertz CT molecular complexity index is 660. The minimum Gasteiger partial charge on any atom is -0.236 e. The lowest BCUT2D eigenvalue weighted by molar-refractivity contribution is 1.46. The summed E-state index contributed by atoms with van der Waals surface area (Å²) in [7, 11) is 0. The number of hydrogen-bond acceptors (Lipinski definition) is 2. The molecule has 0 bridgehead atoms. The predicted octanol–water partition coefficient (Wildman–Crippen LogP) is 5.38. The minimum atomic E-state index is 0.724. The van der Waals surface area contributed by atoms with Crippen LogP contribution in [-0.2, 0) is 0 Å². The van der Waals surface area contributed by atoms with E-state index in [0.29, 0.717) is 0 Å². The van der Waals surface area contributed by atoms with E-state index in [9.17, 15) is 0 Å². The van der Waals surface area contributed by atoms with Crippen molar-refractivity contribution in [2.45, 2.75) is 0 Å². The second-order valence-corrected chi connectivity index (χ2v) is 5.93. The first-order valence-corrected chi connectivity index (χ1v) is 7.04. The number of rotatable bonds is 1. The van der Waals surface area contributed by atoms with Gasteiger partial charge in [-0.3, -0.25) is 0 Å². The fourth-order valence-corrected chi connectivity index (χ4v) is 3.66. The van der Waals surface area contributed by atoms with Gasteiger partial charge in [0.05, 0.1) is 10.2 Å². The summed E-state index contributed by atoms with van der Waals surface area (Å²) in [4.78, 5) is 4.62. The Balaban J connectivity index is 2.20. The molecule has 0 unspecified atom stereocenters. The fourth-order valence-electron chi connectivity index (χ4n) is 1.65. The Morgan fingerprint density at radius 3 is 2.71 bits per heavy atom. The van der Waals surface area contributed by atoms with Gasteiger partial charge in [0.1, 0.15) is 5.01 Å². The van der Waals surface area contributed by atoms with Gasteiger partial charge in [0.25, 0.3) is 0 Å². The van der Waals surface area contributed by atoms with Gasteiger partial charge >= 0.3 is 0 Å². The van der Waals surface area contributed by atoms with Crippen molar-refractivity contribution < 1.29 is 0 Å². The zero-order chi connectivity index (χ0) is 11.8. The number of thiazole rings is 1. The highest BCUT2D eigenvalue weighted by atomic mass is 79.9. The Morgan fingerprint density at radius 1 is 1.12 bits per heavy atom. The number of nitrogens with zero attached hydrogens (tertiary/aromatic N) is 1. The van der Waals surface area contributed by atoms with Crippen LogP contribution in [0.1, 0.15) is 0 Å². The van der Waals surface area contributed by atoms with E-state index in [0.717, 1.165) is 25.6 Å². The van der Waals surface area contributed by atoms with E-state index >= 15 is 0 Å². The number of hydrogen-bond donors (Lipinski definition) is 0. The van der Waals surface area contributed by atoms with Gasteiger partial charge in [-0.05, 0) is 30.3 Å². The van der Waals surface area contributed by atoms with Crippen LogP contribution < -0.4 is 0 Å². The van der Waals surface area contributed by atoms with Crippen LogP contribution in [0.3, 0.4) is 0 Å². The summed E-state index contributed by atoms with van der Waals surface area (Å²) in [5, 5.41) is 1.73. The van der Waals surface area contributed by atoms with Gasteiger partial charge in [-0.25, -0.2) is 4.98 Å². The molecule has 0 N–H and O–H groups in total. The summed E-state index contributed by atoms with van der Waals surface area (Å²) in [6.07, 6.45) is 0. The van der Waals surface area contributed by atoms with E-state index in [1.807, 2.05) is 36.4 Å². The van der Waals surface area contributed by atoms with Crippen molar-refractivity contribution in [1.29, 1.82) is 0 Å². The molecular weight excluding hydrogens is 318 g/mol. The molecule has 0 aliphatic carbocycles. The Hall–Kier alpha value is -0.900. The highest BCUT2D eigenvalue weighted by Gasteiger charge is 2.09. The molecule has 17 heavy (non-hydrogen) atoms. The highest BCUT2D eigenvalue weighted by molar-refractivity contribution is 9.10. The van der Waals surface area contributed by atoms with Crippen molar-refractivity contribution in [3.63, 3.8) is 0 Å². The third-order valence-electron chi connectivity index (χ3n) is 2.46. The third kappa shape index (κ3) is 2.10. The molecule has 0 aliphatic heterocycles. The summed E-state index contributed by atoms with van der Waals surface area (Å²) in [6, 6.07) is 13.9. The molecule has 1 heterocycles. The standard InChI is InChI=1S/C13H7BrClNS/c14-10-7-8(15)5-6-9(10)13-16-11-3-1-2-4-12(11)17-13/h1-7H. The van der Waals surface area contributed by atoms with Gasteiger partial charge in [0, 0.05) is 15.1 Å². The summed E-state index contributed by atoms with van der Waals surface area (Å²) in [5.74, 6) is 0. The average molecular weight is 325 g/mol. The van der Waals surface area contributed by atoms with Crippen LogP contribution in [0.4, 0.5) is 0 Å². The van der Waals surface area contributed by atoms with Gasteiger partial charge in [0.15, 0.2) is 0 Å². The van der Waals surface area contributed by atoms with Gasteiger partial charge in [-0.15, -0.1) is 11.3 Å². The topological polar surface area (TPSA) is 12.9 Å². The molecule has 0 saturated carbocycles. The molecule has 3 aromatic rings. The van der Waals surface area contributed by atoms with Crippen molar-refractivity contribution in [1.82, 2.24) is 4.98 Å². The van der Waals surface area contributed by atoms with Gasteiger partial charge in [0.2, 0.25) is 0 Å². The second-order valence-electron chi connectivity index (χ2n) is 3.61. The van der Waals surface area contributed by atoms with Crippen molar-refractivity contribution in [2.24, 2.45) is 0 Å². The van der Waals surface area contributed by atoms with Crippen LogP contribution in [0.15, 0.2) is 46.9 Å². The van der Waals surface area contributed by atoms with Crippen LogP contribution in [0.25, 0.3) is 20.8 Å². The quantitative estimate of drug-likeness (QED) is 0.585. The minimum absolute atomic E-state index is 0.724. The zero-order valence-electron chi connectivity index (χ0n) is 8.65. The van der Waals surface area contributed by atoms with Gasteiger partial charge < -0.3 is 0 Å². The molecule has 1 aromatic heterocycles. The lowest BCUT2D eigenvalue weighted by Crippen LogP contribution is -1.78. The predicted molar refractivity (Wildman–Crippen MR) is 77.8 cm³/mol. The maximum Gasteiger partial charge on any atom is 0.125 e. The van der Waals surface area contributed by atoms with Crippen LogP contribution in [0.5, 0.6) is 0 Å². The molecule has 0 spiro atoms. The molecule has 0 atom stereocenters. The van der Waals surface area contributed by atoms with Crippen molar-refractivity contribution in [3.8, 4) is 10.6 Å². The molecular formula is C13H7BrClNS. The molecule has 84 valence electrons. The molecule has 3 rings (SSSR count). The molecule has 0 amide bonds. The molecule has 0 fully saturated rings. The smallest absolute Gasteiger partial charge is 0.125 e. The largest absolute Gasteiger partial charge is 0.236 e. The molecule has 0 saturated heterocycles. The van der Waals surface area contributed by atoms with E-state index in [1.165, 1.54) is 4.70 Å². The number of halogens is 2. The van der Waals surface area contributed by atoms with E-state index < -0.39 is 0 Å². The molecule has 2 aromatic carbocycles. The highest BCUT2D eigenvalue weighted by Crippen LogP contribution is 2.35. The van der Waals surface area contributed by atoms with Crippen molar-refractivity contribution in [2.75, 3.05) is 0 Å². The van der Waals surface area contributed by atoms with E-state index in [1.54, 1.807) is 11.3 Å². The van der Waals surface area contributed by atoms with Crippen LogP contribution in [0.2, 0.25) is 5.02 Å². The lowest BCUT2D eigenvalue weighted by Gasteiger charge is -2.00. The first-order valence-electron chi connectivity index (χ1n) is 5.05. The summed E-state index contributed by atoms with van der Waals surface area (Å²) in [5.41, 5.74) is 2.12. The number of para-hydroxylation sites is 1. The van der Waals surface area contributed by atoms with E-state index in [-0.39, 0.29) is 0 Å². The van der Waals surface area contributed by atoms with E-state index in [4.69, 9.17) is 11.6 Å². The molecule has 1 nitrogen and oxygen atoms in total. The Morgan fingerprint density at radius 2 is 1.94 bits per heavy atom. The monoisotopic (exact) mass is 323 g/mol. The maximum atomic E-state index is 5.94. The molecule has 0 aliphatic rings. The van der Waals surface area contributed by atoms with Crippen LogP contribution in [0, 0.1) is 0 Å². The van der Waals surface area contributed by atoms with Crippen LogP contribution >= 0.6 is 38.9 Å². The summed E-state index contributed by atoms with van der Waals surface area (Å²) >= 11 is 11.1. The van der Waals surface area contributed by atoms with Gasteiger partial charge in [-0.1, -0.05) is 39.7 Å². The first-order chi connectivity index (χ1) is 8.24. The van der Waals surface area contributed by atoms with E-state index in [2.05, 4.69) is 27.0 Å². The van der Waals surface area contributed by atoms with Crippen LogP contribution in [-0.4, -0.2) is 4.98 Å². The lowest BCUT2D eigenvalue weighted by atomic mass is 10.2. The van der Waals surface area contributed by atoms with Gasteiger partial charge in [-0.2, -0.15) is 0 Å². The van der Waals surface area contributed by atoms with Crippen molar-refractivity contribution >= 4 is 49.1 Å². The number of aromatic nitrogens is 1. The normalized spacial score (nSPS) is 10.9. The summed E-state index contributed by atoms with van der Waals surface area (Å²) < 4.78 is 2.17. The first kappa shape index (κ1) is 11.2. The average Bonchev–Trinajstić information content (AvgIpc) is 2.72. The second kappa shape index (κ2) is 4.41. The molecule has 0 radical (unpaired) electrons. The zero-order valence-corrected chi connectivity index (χ0v) is 11.8.